The molecule has 2 aromatic heterocycles. The quantitative estimate of drug-likeness (QED) is 0.647. The molecular weight excluding hydrogens is 340 g/mol. The van der Waals surface area contributed by atoms with Gasteiger partial charge in [-0.1, -0.05) is 18.2 Å². The van der Waals surface area contributed by atoms with E-state index >= 15 is 0 Å². The van der Waals surface area contributed by atoms with Gasteiger partial charge in [0.1, 0.15) is 24.3 Å². The number of nitrogens with one attached hydrogen (secondary N) is 1. The molecule has 0 bridgehead atoms. The number of amides is 1. The van der Waals surface area contributed by atoms with Crippen molar-refractivity contribution in [1.82, 2.24) is 10.3 Å². The molecule has 0 saturated heterocycles. The number of aromatic nitrogens is 1. The van der Waals surface area contributed by atoms with Crippen molar-refractivity contribution >= 4 is 17.2 Å². The minimum absolute atomic E-state index is 0.0608. The van der Waals surface area contributed by atoms with Gasteiger partial charge in [-0.25, -0.2) is 4.98 Å². The number of aliphatic hydroxyl groups excluding tert-OH is 1. The summed E-state index contributed by atoms with van der Waals surface area (Å²) in [6, 6.07) is 11.2. The molecule has 3 aromatic rings. The maximum atomic E-state index is 11.6. The van der Waals surface area contributed by atoms with Crippen molar-refractivity contribution in [3.8, 4) is 16.5 Å². The lowest BCUT2D eigenvalue weighted by molar-refractivity contribution is -0.120. The van der Waals surface area contributed by atoms with Crippen molar-refractivity contribution in [3.05, 3.63) is 59.3 Å². The number of thiophene rings is 1. The maximum absolute atomic E-state index is 11.6. The summed E-state index contributed by atoms with van der Waals surface area (Å²) in [6.07, 6.45) is 1.86. The zero-order valence-corrected chi connectivity index (χ0v) is 14.3. The standard InChI is InChI=1S/C18H18N2O4S/c21-8-7-19-17(22)10-13-3-5-15(6-4-13)23-11-14-12-24-18(20-14)16-2-1-9-25-16/h1-6,9,12,21H,7-8,10-11H2,(H,19,22). The van der Waals surface area contributed by atoms with Crippen LogP contribution in [-0.2, 0) is 17.8 Å². The lowest BCUT2D eigenvalue weighted by atomic mass is 10.1. The van der Waals surface area contributed by atoms with E-state index in [0.29, 0.717) is 18.2 Å². The van der Waals surface area contributed by atoms with E-state index in [-0.39, 0.29) is 25.5 Å². The third-order valence-electron chi connectivity index (χ3n) is 3.39. The fraction of sp³-hybridized carbons (Fsp3) is 0.222. The summed E-state index contributed by atoms with van der Waals surface area (Å²) in [4.78, 5) is 17.0. The predicted molar refractivity (Wildman–Crippen MR) is 94.4 cm³/mol. The van der Waals surface area contributed by atoms with Crippen LogP contribution in [0.1, 0.15) is 11.3 Å². The van der Waals surface area contributed by atoms with Gasteiger partial charge in [0.05, 0.1) is 17.9 Å². The Kier molecular flexibility index (Phi) is 5.81. The molecule has 0 aliphatic carbocycles. The van der Waals surface area contributed by atoms with Crippen LogP contribution in [0.25, 0.3) is 10.8 Å². The van der Waals surface area contributed by atoms with Crippen molar-refractivity contribution in [2.24, 2.45) is 0 Å². The first-order valence-corrected chi connectivity index (χ1v) is 8.70. The molecule has 0 saturated carbocycles. The Morgan fingerprint density at radius 3 is 2.84 bits per heavy atom. The van der Waals surface area contributed by atoms with Crippen molar-refractivity contribution < 1.29 is 19.1 Å². The third-order valence-corrected chi connectivity index (χ3v) is 4.25. The Morgan fingerprint density at radius 2 is 2.12 bits per heavy atom. The molecule has 0 radical (unpaired) electrons. The van der Waals surface area contributed by atoms with E-state index in [1.54, 1.807) is 17.6 Å². The van der Waals surface area contributed by atoms with Gasteiger partial charge in [0, 0.05) is 6.54 Å². The molecule has 0 fully saturated rings. The molecule has 130 valence electrons. The fourth-order valence-electron chi connectivity index (χ4n) is 2.19. The lowest BCUT2D eigenvalue weighted by Crippen LogP contribution is -2.27. The minimum atomic E-state index is -0.119. The summed E-state index contributed by atoms with van der Waals surface area (Å²) < 4.78 is 11.1. The van der Waals surface area contributed by atoms with Gasteiger partial charge in [0.2, 0.25) is 11.8 Å². The van der Waals surface area contributed by atoms with E-state index in [2.05, 4.69) is 10.3 Å². The van der Waals surface area contributed by atoms with Crippen LogP contribution in [0.5, 0.6) is 5.75 Å². The molecule has 1 amide bonds. The molecular formula is C18H18N2O4S. The Hall–Kier alpha value is -2.64. The fourth-order valence-corrected chi connectivity index (χ4v) is 2.85. The minimum Gasteiger partial charge on any atom is -0.487 e. The zero-order chi connectivity index (χ0) is 17.5. The number of oxazole rings is 1. The van der Waals surface area contributed by atoms with E-state index in [4.69, 9.17) is 14.3 Å². The smallest absolute Gasteiger partial charge is 0.236 e. The second-order valence-corrected chi connectivity index (χ2v) is 6.25. The van der Waals surface area contributed by atoms with Gasteiger partial charge >= 0.3 is 0 Å². The van der Waals surface area contributed by atoms with E-state index < -0.39 is 0 Å². The van der Waals surface area contributed by atoms with Gasteiger partial charge in [-0.05, 0) is 29.1 Å². The first-order chi connectivity index (χ1) is 12.2. The summed E-state index contributed by atoms with van der Waals surface area (Å²) in [5.74, 6) is 1.17. The van der Waals surface area contributed by atoms with Crippen LogP contribution in [0.15, 0.2) is 52.5 Å². The van der Waals surface area contributed by atoms with Gasteiger partial charge in [0.25, 0.3) is 0 Å². The summed E-state index contributed by atoms with van der Waals surface area (Å²) in [5, 5.41) is 13.3. The molecule has 0 unspecified atom stereocenters. The summed E-state index contributed by atoms with van der Waals surface area (Å²) in [6.45, 7) is 0.519. The van der Waals surface area contributed by atoms with Gasteiger partial charge in [0.15, 0.2) is 0 Å². The largest absolute Gasteiger partial charge is 0.487 e. The highest BCUT2D eigenvalue weighted by molar-refractivity contribution is 7.13. The number of benzene rings is 1. The number of nitrogens with zero attached hydrogens (tertiary/aromatic N) is 1. The monoisotopic (exact) mass is 358 g/mol. The van der Waals surface area contributed by atoms with Crippen LogP contribution < -0.4 is 10.1 Å². The molecule has 25 heavy (non-hydrogen) atoms. The van der Waals surface area contributed by atoms with Crippen LogP contribution in [0, 0.1) is 0 Å². The van der Waals surface area contributed by atoms with Crippen molar-refractivity contribution in [2.45, 2.75) is 13.0 Å². The van der Waals surface area contributed by atoms with Gasteiger partial charge in [-0.2, -0.15) is 0 Å². The molecule has 6 nitrogen and oxygen atoms in total. The maximum Gasteiger partial charge on any atom is 0.236 e. The molecule has 0 spiro atoms. The highest BCUT2D eigenvalue weighted by Gasteiger charge is 2.08. The Bertz CT molecular complexity index is 797. The van der Waals surface area contributed by atoms with Crippen LogP contribution in [0.3, 0.4) is 0 Å². The Morgan fingerprint density at radius 1 is 1.28 bits per heavy atom. The lowest BCUT2D eigenvalue weighted by Gasteiger charge is -2.06. The number of carbonyl (C=O) groups is 1. The first-order valence-electron chi connectivity index (χ1n) is 7.82. The Labute approximate surface area is 149 Å². The second-order valence-electron chi connectivity index (χ2n) is 5.30. The van der Waals surface area contributed by atoms with E-state index in [0.717, 1.165) is 16.1 Å². The molecule has 0 aliphatic heterocycles. The van der Waals surface area contributed by atoms with Crippen molar-refractivity contribution in [2.75, 3.05) is 13.2 Å². The molecule has 3 rings (SSSR count). The average molecular weight is 358 g/mol. The predicted octanol–water partition coefficient (Wildman–Crippen LogP) is 2.63. The molecule has 0 atom stereocenters. The van der Waals surface area contributed by atoms with E-state index in [9.17, 15) is 4.79 Å². The first kappa shape index (κ1) is 17.2. The zero-order valence-electron chi connectivity index (χ0n) is 13.5. The number of hydrogen-bond acceptors (Lipinski definition) is 6. The highest BCUT2D eigenvalue weighted by Crippen LogP contribution is 2.24. The number of ether oxygens (including phenoxy) is 1. The highest BCUT2D eigenvalue weighted by atomic mass is 32.1. The second kappa shape index (κ2) is 8.46. The van der Waals surface area contributed by atoms with Crippen LogP contribution in [0.2, 0.25) is 0 Å². The van der Waals surface area contributed by atoms with E-state index in [1.165, 1.54) is 0 Å². The van der Waals surface area contributed by atoms with Crippen LogP contribution >= 0.6 is 11.3 Å². The number of rotatable bonds is 8. The molecule has 7 heteroatoms. The number of hydrogen-bond donors (Lipinski definition) is 2. The normalized spacial score (nSPS) is 10.6. The Balaban J connectivity index is 1.51. The third kappa shape index (κ3) is 4.91. The van der Waals surface area contributed by atoms with E-state index in [1.807, 2.05) is 41.8 Å². The summed E-state index contributed by atoms with van der Waals surface area (Å²) in [5.41, 5.74) is 1.60. The SMILES string of the molecule is O=C(Cc1ccc(OCc2coc(-c3cccs3)n2)cc1)NCCO. The van der Waals surface area contributed by atoms with Gasteiger partial charge in [-0.3, -0.25) is 4.79 Å². The van der Waals surface area contributed by atoms with Gasteiger partial charge < -0.3 is 19.6 Å². The molecule has 2 N–H and O–H groups in total. The number of carbonyl (C=O) groups excluding carboxylic acids is 1. The topological polar surface area (TPSA) is 84.6 Å². The molecule has 0 aliphatic rings. The van der Waals surface area contributed by atoms with Crippen LogP contribution in [0.4, 0.5) is 0 Å². The average Bonchev–Trinajstić information content (AvgIpc) is 3.30. The van der Waals surface area contributed by atoms with Gasteiger partial charge in [-0.15, -0.1) is 11.3 Å². The number of aliphatic hydroxyl groups is 1. The summed E-state index contributed by atoms with van der Waals surface area (Å²) >= 11 is 1.57. The summed E-state index contributed by atoms with van der Waals surface area (Å²) in [7, 11) is 0. The van der Waals surface area contributed by atoms with Crippen molar-refractivity contribution in [1.29, 1.82) is 0 Å². The molecule has 2 heterocycles. The van der Waals surface area contributed by atoms with Crippen LogP contribution in [-0.4, -0.2) is 29.1 Å². The van der Waals surface area contributed by atoms with Crippen molar-refractivity contribution in [3.63, 3.8) is 0 Å². The molecule has 1 aromatic carbocycles.